The Bertz CT molecular complexity index is 298. The highest BCUT2D eigenvalue weighted by Gasteiger charge is 2.38. The maximum absolute atomic E-state index is 11.1. The number of hydrogen-bond acceptors (Lipinski definition) is 3. The van der Waals surface area contributed by atoms with E-state index in [4.69, 9.17) is 12.2 Å². The van der Waals surface area contributed by atoms with Crippen LogP contribution in [0.5, 0.6) is 0 Å². The third-order valence-electron chi connectivity index (χ3n) is 1.91. The minimum absolute atomic E-state index is 0.153. The van der Waals surface area contributed by atoms with Crippen molar-refractivity contribution in [2.45, 2.75) is 18.9 Å². The third-order valence-corrected chi connectivity index (χ3v) is 4.03. The summed E-state index contributed by atoms with van der Waals surface area (Å²) in [5.41, 5.74) is -0.405. The molecular formula is C6H11NO2S3. The van der Waals surface area contributed by atoms with E-state index in [9.17, 15) is 8.42 Å². The summed E-state index contributed by atoms with van der Waals surface area (Å²) in [7, 11) is -2.86. The minimum atomic E-state index is -2.86. The van der Waals surface area contributed by atoms with Crippen LogP contribution in [0.25, 0.3) is 0 Å². The first-order valence-electron chi connectivity index (χ1n) is 3.55. The van der Waals surface area contributed by atoms with Crippen LogP contribution in [0, 0.1) is 0 Å². The van der Waals surface area contributed by atoms with Gasteiger partial charge in [0.2, 0.25) is 0 Å². The summed E-state index contributed by atoms with van der Waals surface area (Å²) in [6.07, 6.45) is 0.607. The van der Waals surface area contributed by atoms with Crippen molar-refractivity contribution in [1.82, 2.24) is 5.32 Å². The van der Waals surface area contributed by atoms with Crippen molar-refractivity contribution in [1.29, 1.82) is 0 Å². The Hall–Kier alpha value is 0.190. The van der Waals surface area contributed by atoms with E-state index in [1.54, 1.807) is 0 Å². The molecule has 1 rings (SSSR count). The second kappa shape index (κ2) is 3.16. The summed E-state index contributed by atoms with van der Waals surface area (Å²) < 4.78 is 22.6. The van der Waals surface area contributed by atoms with E-state index in [0.717, 1.165) is 0 Å². The highest BCUT2D eigenvalue weighted by atomic mass is 32.2. The molecule has 0 radical (unpaired) electrons. The number of rotatable bonds is 1. The lowest BCUT2D eigenvalue weighted by Crippen LogP contribution is -2.44. The first-order valence-corrected chi connectivity index (χ1v) is 6.22. The van der Waals surface area contributed by atoms with Crippen LogP contribution in [0.15, 0.2) is 0 Å². The molecule has 1 aliphatic rings. The molecule has 0 spiro atoms. The largest absolute Gasteiger partial charge is 0.365 e. The van der Waals surface area contributed by atoms with Gasteiger partial charge in [0.1, 0.15) is 4.32 Å². The van der Waals surface area contributed by atoms with Gasteiger partial charge in [-0.2, -0.15) is 0 Å². The van der Waals surface area contributed by atoms with E-state index in [1.165, 1.54) is 0 Å². The molecule has 70 valence electrons. The van der Waals surface area contributed by atoms with Crippen LogP contribution in [-0.4, -0.2) is 29.8 Å². The van der Waals surface area contributed by atoms with E-state index < -0.39 is 15.4 Å². The smallest absolute Gasteiger partial charge is 0.152 e. The Morgan fingerprint density at radius 3 is 2.58 bits per heavy atom. The summed E-state index contributed by atoms with van der Waals surface area (Å²) in [6, 6.07) is 0. The molecule has 1 atom stereocenters. The van der Waals surface area contributed by atoms with Crippen LogP contribution in [0.2, 0.25) is 0 Å². The number of hydrogen-bond donors (Lipinski definition) is 2. The van der Waals surface area contributed by atoms with Crippen LogP contribution in [0.1, 0.15) is 13.3 Å². The molecule has 0 aromatic heterocycles. The molecule has 0 amide bonds. The highest BCUT2D eigenvalue weighted by Crippen LogP contribution is 2.22. The molecule has 0 saturated carbocycles. The fourth-order valence-corrected chi connectivity index (χ4v) is 3.98. The van der Waals surface area contributed by atoms with Gasteiger partial charge in [0.05, 0.1) is 17.0 Å². The number of nitrogens with one attached hydrogen (secondary N) is 1. The van der Waals surface area contributed by atoms with Gasteiger partial charge in [-0.05, 0) is 13.3 Å². The second-order valence-corrected chi connectivity index (χ2v) is 6.67. The number of thiocarbonyl (C=S) groups is 1. The van der Waals surface area contributed by atoms with E-state index in [-0.39, 0.29) is 11.5 Å². The molecule has 0 bridgehead atoms. The molecule has 1 saturated heterocycles. The van der Waals surface area contributed by atoms with Gasteiger partial charge in [0.25, 0.3) is 0 Å². The summed E-state index contributed by atoms with van der Waals surface area (Å²) >= 11 is 8.65. The van der Waals surface area contributed by atoms with Crippen molar-refractivity contribution in [3.8, 4) is 0 Å². The molecule has 1 unspecified atom stereocenters. The molecule has 0 aliphatic carbocycles. The molecule has 1 aliphatic heterocycles. The van der Waals surface area contributed by atoms with E-state index in [1.807, 2.05) is 6.92 Å². The molecule has 3 nitrogen and oxygen atoms in total. The van der Waals surface area contributed by atoms with Crippen molar-refractivity contribution >= 4 is 39.0 Å². The van der Waals surface area contributed by atoms with Crippen molar-refractivity contribution in [2.75, 3.05) is 11.5 Å². The molecule has 1 heterocycles. The normalized spacial score (nSPS) is 33.2. The third kappa shape index (κ3) is 2.60. The lowest BCUT2D eigenvalue weighted by atomic mass is 10.0. The molecule has 0 aromatic rings. The van der Waals surface area contributed by atoms with Crippen molar-refractivity contribution < 1.29 is 8.42 Å². The zero-order valence-corrected chi connectivity index (χ0v) is 9.23. The monoisotopic (exact) mass is 225 g/mol. The fourth-order valence-electron chi connectivity index (χ4n) is 1.37. The topological polar surface area (TPSA) is 46.2 Å². The van der Waals surface area contributed by atoms with Gasteiger partial charge in [0, 0.05) is 0 Å². The Morgan fingerprint density at radius 2 is 2.25 bits per heavy atom. The van der Waals surface area contributed by atoms with E-state index in [0.29, 0.717) is 10.7 Å². The number of thiol groups is 1. The fraction of sp³-hybridized carbons (Fsp3) is 0.833. The molecular weight excluding hydrogens is 214 g/mol. The van der Waals surface area contributed by atoms with E-state index in [2.05, 4.69) is 17.9 Å². The van der Waals surface area contributed by atoms with Crippen molar-refractivity contribution in [3.05, 3.63) is 0 Å². The van der Waals surface area contributed by atoms with Gasteiger partial charge in [-0.3, -0.25) is 0 Å². The van der Waals surface area contributed by atoms with Crippen LogP contribution in [-0.2, 0) is 9.84 Å². The van der Waals surface area contributed by atoms with Gasteiger partial charge >= 0.3 is 0 Å². The zero-order valence-electron chi connectivity index (χ0n) is 6.70. The van der Waals surface area contributed by atoms with Gasteiger partial charge in [-0.25, -0.2) is 8.42 Å². The maximum atomic E-state index is 11.1. The van der Waals surface area contributed by atoms with Crippen molar-refractivity contribution in [3.63, 3.8) is 0 Å². The average molecular weight is 225 g/mol. The SMILES string of the molecule is CC1(NC(=S)S)CCS(=O)(=O)C1. The molecule has 6 heteroatoms. The average Bonchev–Trinajstić information content (AvgIpc) is 2.03. The Labute approximate surface area is 83.2 Å². The maximum Gasteiger partial charge on any atom is 0.152 e. The predicted molar refractivity (Wildman–Crippen MR) is 56.4 cm³/mol. The molecule has 0 aromatic carbocycles. The van der Waals surface area contributed by atoms with E-state index >= 15 is 0 Å². The Morgan fingerprint density at radius 1 is 1.67 bits per heavy atom. The first kappa shape index (κ1) is 10.3. The first-order chi connectivity index (χ1) is 5.33. The standard InChI is InChI=1S/C6H11NO2S3/c1-6(7-5(10)11)2-3-12(8,9)4-6/h2-4H2,1H3,(H2,7,10,11). The van der Waals surface area contributed by atoms with Gasteiger partial charge < -0.3 is 5.32 Å². The Kier molecular flexibility index (Phi) is 2.70. The summed E-state index contributed by atoms with van der Waals surface area (Å²) in [6.45, 7) is 1.85. The number of sulfone groups is 1. The van der Waals surface area contributed by atoms with Crippen molar-refractivity contribution in [2.24, 2.45) is 0 Å². The Balaban J connectivity index is 2.71. The van der Waals surface area contributed by atoms with Crippen LogP contribution in [0.3, 0.4) is 0 Å². The summed E-state index contributed by atoms with van der Waals surface area (Å²) in [5.74, 6) is 0.396. The van der Waals surface area contributed by atoms with Gasteiger partial charge in [-0.1, -0.05) is 12.2 Å². The summed E-state index contributed by atoms with van der Waals surface area (Å²) in [4.78, 5) is 0. The van der Waals surface area contributed by atoms with Gasteiger partial charge in [-0.15, -0.1) is 12.6 Å². The highest BCUT2D eigenvalue weighted by molar-refractivity contribution is 8.11. The second-order valence-electron chi connectivity index (χ2n) is 3.33. The molecule has 1 fully saturated rings. The molecule has 12 heavy (non-hydrogen) atoms. The minimum Gasteiger partial charge on any atom is -0.365 e. The van der Waals surface area contributed by atoms with Gasteiger partial charge in [0.15, 0.2) is 9.84 Å². The van der Waals surface area contributed by atoms with Crippen LogP contribution in [0.4, 0.5) is 0 Å². The molecule has 1 N–H and O–H groups in total. The zero-order chi connectivity index (χ0) is 9.41. The quantitative estimate of drug-likeness (QED) is 0.500. The summed E-state index contributed by atoms with van der Waals surface area (Å²) in [5, 5.41) is 2.89. The van der Waals surface area contributed by atoms with Crippen LogP contribution >= 0.6 is 24.8 Å². The lowest BCUT2D eigenvalue weighted by molar-refractivity contribution is 0.478. The predicted octanol–water partition coefficient (Wildman–Crippen LogP) is 0.368. The lowest BCUT2D eigenvalue weighted by Gasteiger charge is -2.23. The van der Waals surface area contributed by atoms with Crippen LogP contribution < -0.4 is 5.32 Å².